The van der Waals surface area contributed by atoms with Crippen molar-refractivity contribution < 1.29 is 39.6 Å². The van der Waals surface area contributed by atoms with E-state index in [0.717, 1.165) is 7.11 Å². The van der Waals surface area contributed by atoms with Crippen LogP contribution in [0.15, 0.2) is 22.9 Å². The second-order valence-corrected chi connectivity index (χ2v) is 8.79. The molecule has 3 heterocycles. The van der Waals surface area contributed by atoms with Crippen LogP contribution >= 0.6 is 0 Å². The summed E-state index contributed by atoms with van der Waals surface area (Å²) >= 11 is 0. The van der Waals surface area contributed by atoms with Crippen molar-refractivity contribution in [1.29, 1.82) is 0 Å². The molecule has 0 saturated heterocycles. The number of pyridine rings is 1. The summed E-state index contributed by atoms with van der Waals surface area (Å²) in [5.41, 5.74) is -2.69. The third-order valence-electron chi connectivity index (χ3n) is 4.70. The molecule has 0 N–H and O–H groups in total. The van der Waals surface area contributed by atoms with E-state index >= 15 is 0 Å². The molecule has 0 amide bonds. The van der Waals surface area contributed by atoms with Gasteiger partial charge in [0, 0.05) is 13.2 Å². The predicted molar refractivity (Wildman–Crippen MR) is 95.8 cm³/mol. The molecule has 0 unspecified atom stereocenters. The van der Waals surface area contributed by atoms with Crippen molar-refractivity contribution in [3.8, 4) is 11.5 Å². The number of halogens is 6. The van der Waals surface area contributed by atoms with Crippen LogP contribution in [0.4, 0.5) is 26.3 Å². The van der Waals surface area contributed by atoms with Crippen LogP contribution in [0.25, 0.3) is 17.6 Å². The highest BCUT2D eigenvalue weighted by Gasteiger charge is 2.42. The molecule has 0 spiro atoms. The molecule has 2 aromatic heterocycles. The summed E-state index contributed by atoms with van der Waals surface area (Å²) in [4.78, 5) is 11.8. The molecule has 0 atom stereocenters. The fourth-order valence-corrected chi connectivity index (χ4v) is 4.09. The van der Waals surface area contributed by atoms with E-state index in [9.17, 15) is 34.8 Å². The van der Waals surface area contributed by atoms with Gasteiger partial charge >= 0.3 is 12.4 Å². The van der Waals surface area contributed by atoms with Crippen LogP contribution in [-0.2, 0) is 34.4 Å². The lowest BCUT2D eigenvalue weighted by atomic mass is 10.2. The number of sulfone groups is 1. The highest BCUT2D eigenvalue weighted by atomic mass is 32.2. The lowest BCUT2D eigenvalue weighted by Gasteiger charge is -2.29. The van der Waals surface area contributed by atoms with Gasteiger partial charge in [0.2, 0.25) is 0 Å². The molecule has 0 bridgehead atoms. The van der Waals surface area contributed by atoms with Crippen LogP contribution in [0.5, 0.6) is 0 Å². The molecule has 0 aromatic carbocycles. The number of rotatable bonds is 4. The third-order valence-corrected chi connectivity index (χ3v) is 6.44. The van der Waals surface area contributed by atoms with Crippen molar-refractivity contribution in [3.63, 3.8) is 0 Å². The molecule has 3 rings (SSSR count). The number of hydrogen-bond acceptors (Lipinski definition) is 6. The maximum absolute atomic E-state index is 13.3. The predicted octanol–water partition coefficient (Wildman–Crippen LogP) is 3.57. The van der Waals surface area contributed by atoms with E-state index in [1.807, 2.05) is 0 Å². The molecular weight excluding hydrogens is 454 g/mol. The topological polar surface area (TPSA) is 77.3 Å². The van der Waals surface area contributed by atoms with Crippen LogP contribution in [-0.4, -0.2) is 47.1 Å². The zero-order valence-corrected chi connectivity index (χ0v) is 17.2. The van der Waals surface area contributed by atoms with Gasteiger partial charge in [0.25, 0.3) is 0 Å². The van der Waals surface area contributed by atoms with Gasteiger partial charge in [-0.2, -0.15) is 26.3 Å². The quantitative estimate of drug-likeness (QED) is 0.636. The van der Waals surface area contributed by atoms with E-state index < -0.39 is 49.8 Å². The first kappa shape index (κ1) is 23.1. The number of fused-ring (bicyclic) bond motifs is 1. The number of alkyl halides is 6. The van der Waals surface area contributed by atoms with Crippen molar-refractivity contribution >= 4 is 15.9 Å². The van der Waals surface area contributed by atoms with Crippen molar-refractivity contribution in [2.75, 3.05) is 12.9 Å². The molecule has 14 heteroatoms. The van der Waals surface area contributed by atoms with E-state index in [2.05, 4.69) is 9.97 Å². The molecule has 0 saturated carbocycles. The van der Waals surface area contributed by atoms with Gasteiger partial charge in [-0.3, -0.25) is 9.82 Å². The standard InChI is InChI=1S/C17H16F6N4O3S/c1-4-31(28,29)12-5-9(16(18,19)20)7-24-14(12)15-25-10-6-13(17(21,22)23)27(30-3)8-11(10)26(15)2/h5-7H,4,8H2,1-3H3. The maximum Gasteiger partial charge on any atom is 0.433 e. The van der Waals surface area contributed by atoms with Crippen molar-refractivity contribution in [2.45, 2.75) is 30.7 Å². The molecular formula is C17H16F6N4O3S. The monoisotopic (exact) mass is 470 g/mol. The first-order chi connectivity index (χ1) is 14.2. The van der Waals surface area contributed by atoms with E-state index in [0.29, 0.717) is 23.4 Å². The molecule has 1 aliphatic rings. The zero-order valence-electron chi connectivity index (χ0n) is 16.3. The Morgan fingerprint density at radius 3 is 2.32 bits per heavy atom. The lowest BCUT2D eigenvalue weighted by molar-refractivity contribution is -0.185. The summed E-state index contributed by atoms with van der Waals surface area (Å²) in [6, 6.07) is 0.452. The molecule has 0 radical (unpaired) electrons. The smallest absolute Gasteiger partial charge is 0.328 e. The zero-order chi connectivity index (χ0) is 23.4. The minimum absolute atomic E-state index is 0.125. The van der Waals surface area contributed by atoms with E-state index in [-0.39, 0.29) is 23.8 Å². The largest absolute Gasteiger partial charge is 0.433 e. The fourth-order valence-electron chi connectivity index (χ4n) is 3.04. The Bertz CT molecular complexity index is 1150. The van der Waals surface area contributed by atoms with Crippen LogP contribution in [0.3, 0.4) is 0 Å². The molecule has 7 nitrogen and oxygen atoms in total. The van der Waals surface area contributed by atoms with E-state index in [4.69, 9.17) is 4.84 Å². The summed E-state index contributed by atoms with van der Waals surface area (Å²) in [5.74, 6) is -0.704. The highest BCUT2D eigenvalue weighted by molar-refractivity contribution is 7.91. The second kappa shape index (κ2) is 7.51. The average molecular weight is 470 g/mol. The molecule has 31 heavy (non-hydrogen) atoms. The summed E-state index contributed by atoms with van der Waals surface area (Å²) < 4.78 is 105. The Morgan fingerprint density at radius 2 is 1.81 bits per heavy atom. The summed E-state index contributed by atoms with van der Waals surface area (Å²) in [6.07, 6.45) is -8.43. The second-order valence-electron chi connectivity index (χ2n) is 6.54. The minimum atomic E-state index is -4.84. The van der Waals surface area contributed by atoms with Gasteiger partial charge in [-0.05, 0) is 12.1 Å². The van der Waals surface area contributed by atoms with Crippen LogP contribution in [0.1, 0.15) is 23.9 Å². The van der Waals surface area contributed by atoms with Crippen LogP contribution in [0, 0.1) is 0 Å². The SMILES string of the molecule is CCS(=O)(=O)c1cc(C(F)(F)F)cnc1-c1nc2c(n1C)CN(OC)C(C(F)(F)F)=C2. The van der Waals surface area contributed by atoms with Gasteiger partial charge in [-0.1, -0.05) is 6.92 Å². The van der Waals surface area contributed by atoms with Crippen LogP contribution in [0.2, 0.25) is 0 Å². The fraction of sp³-hybridized carbons (Fsp3) is 0.412. The number of allylic oxidation sites excluding steroid dienone is 1. The number of hydrogen-bond donors (Lipinski definition) is 0. The van der Waals surface area contributed by atoms with E-state index in [1.54, 1.807) is 0 Å². The number of nitrogens with zero attached hydrogens (tertiary/aromatic N) is 4. The summed E-state index contributed by atoms with van der Waals surface area (Å²) in [6.45, 7) is 0.870. The van der Waals surface area contributed by atoms with Gasteiger partial charge in [0.05, 0.1) is 41.3 Å². The number of imidazole rings is 1. The van der Waals surface area contributed by atoms with Gasteiger partial charge in [-0.15, -0.1) is 0 Å². The molecule has 0 aliphatic carbocycles. The van der Waals surface area contributed by atoms with Crippen molar-refractivity contribution in [1.82, 2.24) is 19.6 Å². The lowest BCUT2D eigenvalue weighted by Crippen LogP contribution is -2.33. The van der Waals surface area contributed by atoms with Gasteiger partial charge < -0.3 is 4.57 Å². The highest BCUT2D eigenvalue weighted by Crippen LogP contribution is 2.38. The first-order valence-corrected chi connectivity index (χ1v) is 10.3. The third kappa shape index (κ3) is 4.13. The van der Waals surface area contributed by atoms with E-state index in [1.165, 1.54) is 18.5 Å². The minimum Gasteiger partial charge on any atom is -0.328 e. The van der Waals surface area contributed by atoms with Crippen LogP contribution < -0.4 is 0 Å². The summed E-state index contributed by atoms with van der Waals surface area (Å²) in [5, 5.41) is 0.581. The Kier molecular flexibility index (Phi) is 5.59. The normalized spacial score (nSPS) is 15.1. The number of hydroxylamine groups is 2. The molecule has 170 valence electrons. The summed E-state index contributed by atoms with van der Waals surface area (Å²) in [7, 11) is -1.73. The Morgan fingerprint density at radius 1 is 1.16 bits per heavy atom. The van der Waals surface area contributed by atoms with Gasteiger partial charge in [-0.25, -0.2) is 18.5 Å². The van der Waals surface area contributed by atoms with Gasteiger partial charge in [0.1, 0.15) is 11.4 Å². The van der Waals surface area contributed by atoms with Gasteiger partial charge in [0.15, 0.2) is 15.7 Å². The first-order valence-electron chi connectivity index (χ1n) is 8.67. The Balaban J connectivity index is 2.25. The molecule has 1 aliphatic heterocycles. The Labute approximate surface area is 172 Å². The van der Waals surface area contributed by atoms with Crippen molar-refractivity contribution in [3.05, 3.63) is 34.9 Å². The molecule has 0 fully saturated rings. The maximum atomic E-state index is 13.3. The number of aromatic nitrogens is 3. The Hall–Kier alpha value is -2.61. The molecule has 2 aromatic rings. The van der Waals surface area contributed by atoms with Crippen molar-refractivity contribution in [2.24, 2.45) is 7.05 Å². The average Bonchev–Trinajstić information content (AvgIpc) is 3.01.